The Bertz CT molecular complexity index is 343. The lowest BCUT2D eigenvalue weighted by Gasteiger charge is -2.25. The van der Waals surface area contributed by atoms with E-state index in [2.05, 4.69) is 30.4 Å². The topological polar surface area (TPSA) is 21.3 Å². The smallest absolute Gasteiger partial charge is 0.122 e. The van der Waals surface area contributed by atoms with Crippen LogP contribution in [0.5, 0.6) is 5.75 Å². The van der Waals surface area contributed by atoms with Crippen molar-refractivity contribution in [3.8, 4) is 5.75 Å². The molecule has 2 nitrogen and oxygen atoms in total. The van der Waals surface area contributed by atoms with Crippen molar-refractivity contribution in [3.63, 3.8) is 0 Å². The van der Waals surface area contributed by atoms with Gasteiger partial charge in [0.2, 0.25) is 0 Å². The molecule has 1 fully saturated rings. The normalized spacial score (nSPS) is 20.8. The molecule has 2 rings (SSSR count). The molecule has 0 bridgehead atoms. The van der Waals surface area contributed by atoms with Crippen molar-refractivity contribution in [1.29, 1.82) is 0 Å². The second-order valence-corrected chi connectivity index (χ2v) is 4.61. The SMILES string of the molecule is COc1cccc(C)c1CC1CCCCN1. The van der Waals surface area contributed by atoms with E-state index in [1.54, 1.807) is 7.11 Å². The molecule has 0 saturated carbocycles. The summed E-state index contributed by atoms with van der Waals surface area (Å²) < 4.78 is 5.44. The van der Waals surface area contributed by atoms with Gasteiger partial charge in [0, 0.05) is 6.04 Å². The number of aryl methyl sites for hydroxylation is 1. The van der Waals surface area contributed by atoms with E-state index < -0.39 is 0 Å². The van der Waals surface area contributed by atoms with Gasteiger partial charge in [0.05, 0.1) is 7.11 Å². The summed E-state index contributed by atoms with van der Waals surface area (Å²) in [5, 5.41) is 3.59. The molecule has 1 N–H and O–H groups in total. The lowest BCUT2D eigenvalue weighted by Crippen LogP contribution is -2.35. The highest BCUT2D eigenvalue weighted by Gasteiger charge is 2.16. The van der Waals surface area contributed by atoms with Crippen LogP contribution < -0.4 is 10.1 Å². The third-order valence-electron chi connectivity index (χ3n) is 3.45. The average Bonchev–Trinajstić information content (AvgIpc) is 2.33. The highest BCUT2D eigenvalue weighted by Crippen LogP contribution is 2.24. The third-order valence-corrected chi connectivity index (χ3v) is 3.45. The van der Waals surface area contributed by atoms with Gasteiger partial charge in [-0.05, 0) is 49.9 Å². The van der Waals surface area contributed by atoms with E-state index >= 15 is 0 Å². The molecule has 0 aromatic heterocycles. The van der Waals surface area contributed by atoms with E-state index in [1.807, 2.05) is 0 Å². The Morgan fingerprint density at radius 3 is 2.94 bits per heavy atom. The number of piperidine rings is 1. The predicted octanol–water partition coefficient (Wildman–Crippen LogP) is 2.69. The molecule has 1 heterocycles. The van der Waals surface area contributed by atoms with Gasteiger partial charge in [0.15, 0.2) is 0 Å². The third kappa shape index (κ3) is 2.56. The van der Waals surface area contributed by atoms with Crippen LogP contribution in [0, 0.1) is 6.92 Å². The molecule has 1 saturated heterocycles. The highest BCUT2D eigenvalue weighted by molar-refractivity contribution is 5.40. The van der Waals surface area contributed by atoms with Crippen LogP contribution in [-0.2, 0) is 6.42 Å². The zero-order valence-corrected chi connectivity index (χ0v) is 10.3. The maximum absolute atomic E-state index is 5.44. The van der Waals surface area contributed by atoms with Crippen molar-refractivity contribution in [2.45, 2.75) is 38.6 Å². The Balaban J connectivity index is 2.12. The van der Waals surface area contributed by atoms with Gasteiger partial charge in [-0.3, -0.25) is 0 Å². The summed E-state index contributed by atoms with van der Waals surface area (Å²) in [5.74, 6) is 1.03. The fourth-order valence-corrected chi connectivity index (χ4v) is 2.47. The summed E-state index contributed by atoms with van der Waals surface area (Å²) in [6.07, 6.45) is 5.06. The number of benzene rings is 1. The van der Waals surface area contributed by atoms with E-state index in [-0.39, 0.29) is 0 Å². The summed E-state index contributed by atoms with van der Waals surface area (Å²) >= 11 is 0. The molecule has 1 aromatic carbocycles. The van der Waals surface area contributed by atoms with Gasteiger partial charge >= 0.3 is 0 Å². The Morgan fingerprint density at radius 1 is 1.38 bits per heavy atom. The van der Waals surface area contributed by atoms with Gasteiger partial charge in [0.25, 0.3) is 0 Å². The zero-order valence-electron chi connectivity index (χ0n) is 10.3. The highest BCUT2D eigenvalue weighted by atomic mass is 16.5. The summed E-state index contributed by atoms with van der Waals surface area (Å²) in [5.41, 5.74) is 2.70. The van der Waals surface area contributed by atoms with Crippen LogP contribution in [0.4, 0.5) is 0 Å². The van der Waals surface area contributed by atoms with Crippen molar-refractivity contribution in [2.24, 2.45) is 0 Å². The first-order chi connectivity index (χ1) is 7.81. The first kappa shape index (κ1) is 11.5. The van der Waals surface area contributed by atoms with E-state index in [1.165, 1.54) is 36.9 Å². The number of hydrogen-bond acceptors (Lipinski definition) is 2. The second kappa shape index (κ2) is 5.35. The summed E-state index contributed by atoms with van der Waals surface area (Å²) in [6, 6.07) is 6.92. The van der Waals surface area contributed by atoms with Crippen molar-refractivity contribution in [1.82, 2.24) is 5.32 Å². The van der Waals surface area contributed by atoms with Crippen LogP contribution in [0.2, 0.25) is 0 Å². The van der Waals surface area contributed by atoms with Crippen LogP contribution in [0.15, 0.2) is 18.2 Å². The van der Waals surface area contributed by atoms with Crippen molar-refractivity contribution < 1.29 is 4.74 Å². The molecule has 1 aliphatic rings. The molecule has 1 unspecified atom stereocenters. The molecule has 0 spiro atoms. The van der Waals surface area contributed by atoms with E-state index in [0.29, 0.717) is 6.04 Å². The van der Waals surface area contributed by atoms with Crippen molar-refractivity contribution >= 4 is 0 Å². The number of methoxy groups -OCH3 is 1. The van der Waals surface area contributed by atoms with Crippen LogP contribution >= 0.6 is 0 Å². The summed E-state index contributed by atoms with van der Waals surface area (Å²) in [4.78, 5) is 0. The molecular formula is C14H21NO. The minimum Gasteiger partial charge on any atom is -0.496 e. The molecule has 0 radical (unpaired) electrons. The van der Waals surface area contributed by atoms with Crippen molar-refractivity contribution in [3.05, 3.63) is 29.3 Å². The molecule has 0 aliphatic carbocycles. The number of ether oxygens (including phenoxy) is 1. The Labute approximate surface area is 98.0 Å². The Hall–Kier alpha value is -1.02. The van der Waals surface area contributed by atoms with Gasteiger partial charge in [-0.25, -0.2) is 0 Å². The largest absolute Gasteiger partial charge is 0.496 e. The summed E-state index contributed by atoms with van der Waals surface area (Å²) in [7, 11) is 1.76. The van der Waals surface area contributed by atoms with Crippen LogP contribution in [0.25, 0.3) is 0 Å². The van der Waals surface area contributed by atoms with E-state index in [0.717, 1.165) is 12.2 Å². The molecular weight excluding hydrogens is 198 g/mol. The van der Waals surface area contributed by atoms with Crippen LogP contribution in [-0.4, -0.2) is 19.7 Å². The average molecular weight is 219 g/mol. The van der Waals surface area contributed by atoms with E-state index in [9.17, 15) is 0 Å². The van der Waals surface area contributed by atoms with Crippen LogP contribution in [0.1, 0.15) is 30.4 Å². The number of rotatable bonds is 3. The molecule has 2 heteroatoms. The van der Waals surface area contributed by atoms with Gasteiger partial charge in [0.1, 0.15) is 5.75 Å². The lowest BCUT2D eigenvalue weighted by atomic mass is 9.95. The van der Waals surface area contributed by atoms with Crippen LogP contribution in [0.3, 0.4) is 0 Å². The number of hydrogen-bond donors (Lipinski definition) is 1. The fourth-order valence-electron chi connectivity index (χ4n) is 2.47. The minimum absolute atomic E-state index is 0.628. The molecule has 16 heavy (non-hydrogen) atoms. The second-order valence-electron chi connectivity index (χ2n) is 4.61. The fraction of sp³-hybridized carbons (Fsp3) is 0.571. The van der Waals surface area contributed by atoms with Crippen molar-refractivity contribution in [2.75, 3.05) is 13.7 Å². The lowest BCUT2D eigenvalue weighted by molar-refractivity contribution is 0.381. The Kier molecular flexibility index (Phi) is 3.83. The Morgan fingerprint density at radius 2 is 2.25 bits per heavy atom. The molecule has 1 aliphatic heterocycles. The maximum atomic E-state index is 5.44. The molecule has 1 aromatic rings. The van der Waals surface area contributed by atoms with Gasteiger partial charge in [-0.15, -0.1) is 0 Å². The van der Waals surface area contributed by atoms with E-state index in [4.69, 9.17) is 4.74 Å². The molecule has 1 atom stereocenters. The first-order valence-corrected chi connectivity index (χ1v) is 6.17. The maximum Gasteiger partial charge on any atom is 0.122 e. The molecule has 88 valence electrons. The monoisotopic (exact) mass is 219 g/mol. The summed E-state index contributed by atoms with van der Waals surface area (Å²) in [6.45, 7) is 3.33. The minimum atomic E-state index is 0.628. The standard InChI is InChI=1S/C14H21NO/c1-11-6-5-8-14(16-2)13(11)10-12-7-3-4-9-15-12/h5-6,8,12,15H,3-4,7,9-10H2,1-2H3. The van der Waals surface area contributed by atoms with Gasteiger partial charge < -0.3 is 10.1 Å². The molecule has 0 amide bonds. The zero-order chi connectivity index (χ0) is 11.4. The predicted molar refractivity (Wildman–Crippen MR) is 67.1 cm³/mol. The van der Waals surface area contributed by atoms with Gasteiger partial charge in [-0.1, -0.05) is 18.6 Å². The van der Waals surface area contributed by atoms with Gasteiger partial charge in [-0.2, -0.15) is 0 Å². The quantitative estimate of drug-likeness (QED) is 0.844. The first-order valence-electron chi connectivity index (χ1n) is 6.17. The number of nitrogens with one attached hydrogen (secondary N) is 1.